The molecule has 4 rings (SSSR count). The Labute approximate surface area is 207 Å². The zero-order valence-corrected chi connectivity index (χ0v) is 20.4. The number of rotatable bonds is 9. The van der Waals surface area contributed by atoms with E-state index < -0.39 is 28.7 Å². The largest absolute Gasteiger partial charge is 0.497 e. The fraction of sp³-hybridized carbons (Fsp3) is 0.320. The standard InChI is InChI=1S/C25H26N2O7S/c1-15-21(24(30)34-13-16-9-11-17(31-2)12-10-16)27-22(29)20(23(27)35-25(15)32-3)26-19(28)14-33-18-7-5-4-6-8-18/h4-12,20,23,25H,13-14H2,1-3H3,(H,26,28)/t20?,23-,25-/m0/s1. The Bertz CT molecular complexity index is 1120. The van der Waals surface area contributed by atoms with E-state index in [0.29, 0.717) is 17.1 Å². The number of esters is 1. The van der Waals surface area contributed by atoms with Gasteiger partial charge >= 0.3 is 5.97 Å². The lowest BCUT2D eigenvalue weighted by atomic mass is 10.0. The van der Waals surface area contributed by atoms with Crippen LogP contribution >= 0.6 is 11.8 Å². The second-order valence-corrected chi connectivity index (χ2v) is 9.09. The zero-order valence-electron chi connectivity index (χ0n) is 19.6. The highest BCUT2D eigenvalue weighted by atomic mass is 32.2. The van der Waals surface area contributed by atoms with E-state index in [4.69, 9.17) is 18.9 Å². The Morgan fingerprint density at radius 3 is 2.40 bits per heavy atom. The summed E-state index contributed by atoms with van der Waals surface area (Å²) < 4.78 is 21.6. The average molecular weight is 499 g/mol. The molecular formula is C25H26N2O7S. The van der Waals surface area contributed by atoms with Crippen LogP contribution in [0.1, 0.15) is 12.5 Å². The molecule has 2 aliphatic heterocycles. The molecule has 0 aliphatic carbocycles. The summed E-state index contributed by atoms with van der Waals surface area (Å²) in [5.74, 6) is -0.202. The molecule has 3 atom stereocenters. The molecule has 10 heteroatoms. The number of carbonyl (C=O) groups excluding carboxylic acids is 3. The van der Waals surface area contributed by atoms with Crippen LogP contribution in [0.5, 0.6) is 11.5 Å². The van der Waals surface area contributed by atoms with Crippen molar-refractivity contribution >= 4 is 29.5 Å². The zero-order chi connectivity index (χ0) is 24.9. The van der Waals surface area contributed by atoms with Gasteiger partial charge in [0, 0.05) is 7.11 Å². The summed E-state index contributed by atoms with van der Waals surface area (Å²) >= 11 is 1.35. The second-order valence-electron chi connectivity index (χ2n) is 7.91. The molecule has 2 aromatic carbocycles. The summed E-state index contributed by atoms with van der Waals surface area (Å²) in [5.41, 5.74) is 1.04. The van der Waals surface area contributed by atoms with Crippen LogP contribution < -0.4 is 14.8 Å². The first-order chi connectivity index (χ1) is 16.9. The van der Waals surface area contributed by atoms with E-state index in [2.05, 4.69) is 5.32 Å². The van der Waals surface area contributed by atoms with Crippen molar-refractivity contribution in [3.8, 4) is 11.5 Å². The molecule has 0 bridgehead atoms. The number of para-hydroxylation sites is 1. The first kappa shape index (κ1) is 24.6. The number of benzene rings is 2. The van der Waals surface area contributed by atoms with Gasteiger partial charge in [-0.25, -0.2) is 4.79 Å². The number of amides is 2. The highest BCUT2D eigenvalue weighted by Gasteiger charge is 2.56. The third-order valence-corrected chi connectivity index (χ3v) is 7.20. The van der Waals surface area contributed by atoms with Crippen LogP contribution in [0.15, 0.2) is 65.9 Å². The number of methoxy groups -OCH3 is 2. The van der Waals surface area contributed by atoms with E-state index in [1.54, 1.807) is 62.6 Å². The SMILES string of the molecule is COc1ccc(COC(=O)C2=C(C)[C@@H](OC)S[C@H]3C(NC(=O)COc4ccccc4)C(=O)N23)cc1. The van der Waals surface area contributed by atoms with Gasteiger partial charge in [0.2, 0.25) is 0 Å². The van der Waals surface area contributed by atoms with Gasteiger partial charge < -0.3 is 24.3 Å². The van der Waals surface area contributed by atoms with Crippen LogP contribution in [0.3, 0.4) is 0 Å². The molecule has 2 aliphatic rings. The number of nitrogens with zero attached hydrogens (tertiary/aromatic N) is 1. The molecular weight excluding hydrogens is 472 g/mol. The van der Waals surface area contributed by atoms with Gasteiger partial charge in [0.25, 0.3) is 11.8 Å². The maximum atomic E-state index is 13.0. The van der Waals surface area contributed by atoms with E-state index in [-0.39, 0.29) is 24.8 Å². The molecule has 1 saturated heterocycles. The second kappa shape index (κ2) is 10.8. The minimum absolute atomic E-state index is 0.0358. The Balaban J connectivity index is 1.40. The summed E-state index contributed by atoms with van der Waals surface area (Å²) in [5, 5.41) is 2.21. The van der Waals surface area contributed by atoms with Gasteiger partial charge in [0.1, 0.15) is 40.7 Å². The number of β-lactam (4-membered cyclic amide) rings is 1. The van der Waals surface area contributed by atoms with Gasteiger partial charge in [-0.05, 0) is 42.3 Å². The van der Waals surface area contributed by atoms with E-state index in [1.165, 1.54) is 23.8 Å². The molecule has 0 aromatic heterocycles. The first-order valence-corrected chi connectivity index (χ1v) is 11.9. The molecule has 0 radical (unpaired) electrons. The fourth-order valence-electron chi connectivity index (χ4n) is 3.82. The van der Waals surface area contributed by atoms with Crippen molar-refractivity contribution in [3.63, 3.8) is 0 Å². The predicted molar refractivity (Wildman–Crippen MR) is 128 cm³/mol. The third-order valence-electron chi connectivity index (χ3n) is 5.64. The van der Waals surface area contributed by atoms with E-state index in [0.717, 1.165) is 5.56 Å². The number of thioether (sulfide) groups is 1. The van der Waals surface area contributed by atoms with E-state index in [9.17, 15) is 14.4 Å². The van der Waals surface area contributed by atoms with E-state index in [1.807, 2.05) is 6.07 Å². The van der Waals surface area contributed by atoms with Crippen molar-refractivity contribution in [3.05, 3.63) is 71.4 Å². The highest BCUT2D eigenvalue weighted by Crippen LogP contribution is 2.44. The van der Waals surface area contributed by atoms with Gasteiger partial charge in [-0.1, -0.05) is 42.1 Å². The highest BCUT2D eigenvalue weighted by molar-refractivity contribution is 8.00. The number of hydrogen-bond donors (Lipinski definition) is 1. The minimum Gasteiger partial charge on any atom is -0.497 e. The Kier molecular flexibility index (Phi) is 7.62. The van der Waals surface area contributed by atoms with Crippen LogP contribution in [-0.4, -0.2) is 60.4 Å². The van der Waals surface area contributed by atoms with E-state index >= 15 is 0 Å². The normalized spacial score (nSPS) is 21.1. The van der Waals surface area contributed by atoms with Crippen molar-refractivity contribution < 1.29 is 33.3 Å². The summed E-state index contributed by atoms with van der Waals surface area (Å²) in [6.45, 7) is 1.53. The predicted octanol–water partition coefficient (Wildman–Crippen LogP) is 2.46. The van der Waals surface area contributed by atoms with Gasteiger partial charge in [-0.15, -0.1) is 0 Å². The summed E-state index contributed by atoms with van der Waals surface area (Å²) in [7, 11) is 3.10. The van der Waals surface area contributed by atoms with Crippen molar-refractivity contribution in [1.82, 2.24) is 10.2 Å². The summed E-state index contributed by atoms with van der Waals surface area (Å²) in [6.07, 6.45) is 0. The Morgan fingerprint density at radius 1 is 1.03 bits per heavy atom. The van der Waals surface area contributed by atoms with Crippen LogP contribution in [0, 0.1) is 0 Å². The fourth-order valence-corrected chi connectivity index (χ4v) is 5.17. The maximum absolute atomic E-state index is 13.0. The smallest absolute Gasteiger partial charge is 0.355 e. The van der Waals surface area contributed by atoms with Gasteiger partial charge in [0.05, 0.1) is 7.11 Å². The lowest BCUT2D eigenvalue weighted by Gasteiger charge is -2.50. The van der Waals surface area contributed by atoms with Crippen LogP contribution in [0.4, 0.5) is 0 Å². The van der Waals surface area contributed by atoms with Crippen LogP contribution in [0.25, 0.3) is 0 Å². The molecule has 184 valence electrons. The topological polar surface area (TPSA) is 103 Å². The molecule has 2 heterocycles. The van der Waals surface area contributed by atoms with Crippen molar-refractivity contribution in [2.24, 2.45) is 0 Å². The number of ether oxygens (including phenoxy) is 4. The maximum Gasteiger partial charge on any atom is 0.355 e. The Hall–Kier alpha value is -3.50. The number of fused-ring (bicyclic) bond motifs is 1. The van der Waals surface area contributed by atoms with Gasteiger partial charge in [-0.2, -0.15) is 0 Å². The number of hydrogen-bond acceptors (Lipinski definition) is 8. The van der Waals surface area contributed by atoms with Crippen molar-refractivity contribution in [1.29, 1.82) is 0 Å². The quantitative estimate of drug-likeness (QED) is 0.416. The van der Waals surface area contributed by atoms with Crippen molar-refractivity contribution in [2.75, 3.05) is 20.8 Å². The summed E-state index contributed by atoms with van der Waals surface area (Å²) in [4.78, 5) is 39.8. The number of carbonyl (C=O) groups is 3. The van der Waals surface area contributed by atoms with Crippen molar-refractivity contribution in [2.45, 2.75) is 30.4 Å². The molecule has 1 fully saturated rings. The average Bonchev–Trinajstić information content (AvgIpc) is 2.89. The third kappa shape index (κ3) is 5.28. The monoisotopic (exact) mass is 498 g/mol. The lowest BCUT2D eigenvalue weighted by molar-refractivity contribution is -0.154. The lowest BCUT2D eigenvalue weighted by Crippen LogP contribution is -2.71. The first-order valence-electron chi connectivity index (χ1n) is 10.9. The molecule has 9 nitrogen and oxygen atoms in total. The van der Waals surface area contributed by atoms with Gasteiger partial charge in [-0.3, -0.25) is 14.5 Å². The molecule has 1 unspecified atom stereocenters. The molecule has 2 amide bonds. The summed E-state index contributed by atoms with van der Waals surface area (Å²) in [6, 6.07) is 15.2. The molecule has 1 N–H and O–H groups in total. The Morgan fingerprint density at radius 2 is 1.74 bits per heavy atom. The van der Waals surface area contributed by atoms with Crippen LogP contribution in [0.2, 0.25) is 0 Å². The molecule has 0 spiro atoms. The molecule has 35 heavy (non-hydrogen) atoms. The minimum atomic E-state index is -0.804. The molecule has 0 saturated carbocycles. The van der Waals surface area contributed by atoms with Crippen LogP contribution in [-0.2, 0) is 30.5 Å². The molecule has 2 aromatic rings. The van der Waals surface area contributed by atoms with Gasteiger partial charge in [0.15, 0.2) is 6.61 Å². The number of nitrogens with one attached hydrogen (secondary N) is 1.